The molecule has 0 bridgehead atoms. The zero-order chi connectivity index (χ0) is 17.0. The number of nitro benzene ring substituents is 1. The minimum Gasteiger partial charge on any atom is -0.456 e. The number of hydrogen-bond acceptors (Lipinski definition) is 5. The van der Waals surface area contributed by atoms with E-state index < -0.39 is 16.9 Å². The molecule has 0 saturated carbocycles. The molecule has 0 aromatic heterocycles. The molecule has 2 aromatic rings. The van der Waals surface area contributed by atoms with Gasteiger partial charge in [-0.15, -0.1) is 0 Å². The first-order valence-corrected chi connectivity index (χ1v) is 7.03. The monoisotopic (exact) mass is 335 g/mol. The van der Waals surface area contributed by atoms with Crippen LogP contribution < -0.4 is 15.8 Å². The average Bonchev–Trinajstić information content (AvgIpc) is 2.49. The predicted octanol–water partition coefficient (Wildman–Crippen LogP) is 3.33. The number of benzene rings is 2. The van der Waals surface area contributed by atoms with Crippen LogP contribution in [-0.2, 0) is 4.79 Å². The van der Waals surface area contributed by atoms with Gasteiger partial charge in [-0.2, -0.15) is 0 Å². The van der Waals surface area contributed by atoms with Gasteiger partial charge in [0.1, 0.15) is 23.2 Å². The maximum Gasteiger partial charge on any atom is 0.292 e. The fourth-order valence-electron chi connectivity index (χ4n) is 1.81. The van der Waals surface area contributed by atoms with Gasteiger partial charge in [-0.3, -0.25) is 14.9 Å². The lowest BCUT2D eigenvalue weighted by molar-refractivity contribution is -0.384. The molecule has 23 heavy (non-hydrogen) atoms. The molecule has 0 fully saturated rings. The Balaban J connectivity index is 2.34. The molecular weight excluding hydrogens is 322 g/mol. The summed E-state index contributed by atoms with van der Waals surface area (Å²) in [6.07, 6.45) is 0. The molecule has 0 saturated heterocycles. The highest BCUT2D eigenvalue weighted by Crippen LogP contribution is 2.34. The van der Waals surface area contributed by atoms with Gasteiger partial charge in [-0.05, 0) is 25.1 Å². The van der Waals surface area contributed by atoms with Crippen molar-refractivity contribution >= 4 is 28.9 Å². The summed E-state index contributed by atoms with van der Waals surface area (Å²) in [6.45, 7) is 1.51. The van der Waals surface area contributed by atoms with E-state index in [-0.39, 0.29) is 11.4 Å². The number of rotatable bonds is 6. The summed E-state index contributed by atoms with van der Waals surface area (Å²) in [7, 11) is 0. The molecule has 0 heterocycles. The van der Waals surface area contributed by atoms with Crippen molar-refractivity contribution in [3.63, 3.8) is 0 Å². The van der Waals surface area contributed by atoms with Crippen LogP contribution >= 0.6 is 11.6 Å². The van der Waals surface area contributed by atoms with Gasteiger partial charge >= 0.3 is 0 Å². The molecule has 1 amide bonds. The number of primary amides is 1. The highest BCUT2D eigenvalue weighted by molar-refractivity contribution is 6.32. The minimum absolute atomic E-state index is 0.130. The van der Waals surface area contributed by atoms with Gasteiger partial charge in [0, 0.05) is 12.1 Å². The van der Waals surface area contributed by atoms with Crippen molar-refractivity contribution in [2.75, 3.05) is 5.32 Å². The third-order valence-electron chi connectivity index (χ3n) is 3.03. The van der Waals surface area contributed by atoms with E-state index in [0.29, 0.717) is 16.5 Å². The quantitative estimate of drug-likeness (QED) is 0.622. The number of nitrogens with two attached hydrogens (primary N) is 1. The Morgan fingerprint density at radius 3 is 2.65 bits per heavy atom. The maximum atomic E-state index is 11.1. The Kier molecular flexibility index (Phi) is 5.02. The SMILES string of the molecule is CC(Nc1cc(Oc2ccccc2Cl)ccc1[N+](=O)[O-])C(N)=O. The number of anilines is 1. The van der Waals surface area contributed by atoms with E-state index in [4.69, 9.17) is 22.1 Å². The van der Waals surface area contributed by atoms with Crippen LogP contribution in [0.5, 0.6) is 11.5 Å². The third-order valence-corrected chi connectivity index (χ3v) is 3.34. The largest absolute Gasteiger partial charge is 0.456 e. The normalized spacial score (nSPS) is 11.6. The zero-order valence-corrected chi connectivity index (χ0v) is 12.9. The molecule has 8 heteroatoms. The number of halogens is 1. The molecule has 0 aliphatic heterocycles. The molecule has 0 aliphatic rings. The summed E-state index contributed by atoms with van der Waals surface area (Å²) >= 11 is 6.01. The minimum atomic E-state index is -0.774. The van der Waals surface area contributed by atoms with Crippen molar-refractivity contribution in [3.05, 3.63) is 57.6 Å². The molecule has 3 N–H and O–H groups in total. The van der Waals surface area contributed by atoms with Gasteiger partial charge in [0.2, 0.25) is 5.91 Å². The van der Waals surface area contributed by atoms with Crippen LogP contribution in [0.15, 0.2) is 42.5 Å². The summed E-state index contributed by atoms with van der Waals surface area (Å²) in [5.41, 5.74) is 5.11. The summed E-state index contributed by atoms with van der Waals surface area (Å²) in [6, 6.07) is 10.2. The van der Waals surface area contributed by atoms with E-state index in [1.807, 2.05) is 0 Å². The lowest BCUT2D eigenvalue weighted by Gasteiger charge is -2.14. The molecule has 0 spiro atoms. The third kappa shape index (κ3) is 4.10. The van der Waals surface area contributed by atoms with Crippen LogP contribution in [0.25, 0.3) is 0 Å². The number of nitrogens with zero attached hydrogens (tertiary/aromatic N) is 1. The lowest BCUT2D eigenvalue weighted by atomic mass is 10.2. The Labute approximate surface area is 137 Å². The lowest BCUT2D eigenvalue weighted by Crippen LogP contribution is -2.32. The van der Waals surface area contributed by atoms with Crippen LogP contribution in [0.3, 0.4) is 0 Å². The van der Waals surface area contributed by atoms with E-state index in [1.54, 1.807) is 24.3 Å². The fourth-order valence-corrected chi connectivity index (χ4v) is 1.99. The van der Waals surface area contributed by atoms with E-state index >= 15 is 0 Å². The molecular formula is C15H14ClN3O4. The molecule has 1 atom stereocenters. The van der Waals surface area contributed by atoms with Crippen molar-refractivity contribution in [2.45, 2.75) is 13.0 Å². The number of nitro groups is 1. The Hall–Kier alpha value is -2.80. The molecule has 0 radical (unpaired) electrons. The number of carbonyl (C=O) groups excluding carboxylic acids is 1. The summed E-state index contributed by atoms with van der Waals surface area (Å²) in [5.74, 6) is 0.122. The molecule has 7 nitrogen and oxygen atoms in total. The van der Waals surface area contributed by atoms with Crippen LogP contribution in [-0.4, -0.2) is 16.9 Å². The van der Waals surface area contributed by atoms with Gasteiger partial charge < -0.3 is 15.8 Å². The van der Waals surface area contributed by atoms with Gasteiger partial charge in [0.25, 0.3) is 5.69 Å². The molecule has 0 aliphatic carbocycles. The average molecular weight is 336 g/mol. The van der Waals surface area contributed by atoms with Crippen molar-refractivity contribution < 1.29 is 14.5 Å². The van der Waals surface area contributed by atoms with E-state index in [9.17, 15) is 14.9 Å². The Morgan fingerprint density at radius 2 is 2.04 bits per heavy atom. The van der Waals surface area contributed by atoms with Gasteiger partial charge in [0.05, 0.1) is 9.95 Å². The van der Waals surface area contributed by atoms with E-state index in [0.717, 1.165) is 0 Å². The van der Waals surface area contributed by atoms with Crippen molar-refractivity contribution in [3.8, 4) is 11.5 Å². The van der Waals surface area contributed by atoms with Crippen LogP contribution in [0.2, 0.25) is 5.02 Å². The Morgan fingerprint density at radius 1 is 1.35 bits per heavy atom. The number of nitrogens with one attached hydrogen (secondary N) is 1. The van der Waals surface area contributed by atoms with Crippen molar-refractivity contribution in [2.24, 2.45) is 5.73 Å². The fraction of sp³-hybridized carbons (Fsp3) is 0.133. The second kappa shape index (κ2) is 6.97. The maximum absolute atomic E-state index is 11.1. The van der Waals surface area contributed by atoms with E-state index in [1.165, 1.54) is 25.1 Å². The summed E-state index contributed by atoms with van der Waals surface area (Å²) in [4.78, 5) is 21.7. The number of carbonyl (C=O) groups is 1. The van der Waals surface area contributed by atoms with Crippen LogP contribution in [0, 0.1) is 10.1 Å². The summed E-state index contributed by atoms with van der Waals surface area (Å²) in [5, 5.41) is 14.2. The van der Waals surface area contributed by atoms with Crippen molar-refractivity contribution in [1.29, 1.82) is 0 Å². The molecule has 1 unspecified atom stereocenters. The first-order valence-electron chi connectivity index (χ1n) is 6.65. The first-order chi connectivity index (χ1) is 10.9. The number of para-hydroxylation sites is 1. The summed E-state index contributed by atoms with van der Waals surface area (Å²) < 4.78 is 5.62. The van der Waals surface area contributed by atoms with Crippen LogP contribution in [0.1, 0.15) is 6.92 Å². The molecule has 120 valence electrons. The highest BCUT2D eigenvalue weighted by atomic mass is 35.5. The predicted molar refractivity (Wildman–Crippen MR) is 86.9 cm³/mol. The second-order valence-corrected chi connectivity index (χ2v) is 5.14. The number of hydrogen-bond donors (Lipinski definition) is 2. The van der Waals surface area contributed by atoms with Gasteiger partial charge in [-0.25, -0.2) is 0 Å². The Bertz CT molecular complexity index is 751. The topological polar surface area (TPSA) is 107 Å². The number of amides is 1. The highest BCUT2D eigenvalue weighted by Gasteiger charge is 2.19. The van der Waals surface area contributed by atoms with Crippen LogP contribution in [0.4, 0.5) is 11.4 Å². The molecule has 2 aromatic carbocycles. The molecule has 2 rings (SSSR count). The van der Waals surface area contributed by atoms with E-state index in [2.05, 4.69) is 5.32 Å². The standard InChI is InChI=1S/C15H14ClN3O4/c1-9(15(17)20)18-12-8-10(6-7-13(12)19(21)22)23-14-5-3-2-4-11(14)16/h2-9,18H,1H3,(H2,17,20). The van der Waals surface area contributed by atoms with Gasteiger partial charge in [-0.1, -0.05) is 23.7 Å². The zero-order valence-electron chi connectivity index (χ0n) is 12.2. The first kappa shape index (κ1) is 16.6. The number of ether oxygens (including phenoxy) is 1. The smallest absolute Gasteiger partial charge is 0.292 e. The second-order valence-electron chi connectivity index (χ2n) is 4.74. The van der Waals surface area contributed by atoms with Crippen molar-refractivity contribution in [1.82, 2.24) is 0 Å². The van der Waals surface area contributed by atoms with Gasteiger partial charge in [0.15, 0.2) is 0 Å².